The van der Waals surface area contributed by atoms with Gasteiger partial charge in [0.05, 0.1) is 28.2 Å². The topological polar surface area (TPSA) is 16.1 Å². The average molecular weight is 1040 g/mol. The molecular weight excluding hydrogens is 969 g/mol. The van der Waals surface area contributed by atoms with Crippen LogP contribution < -0.4 is 9.30 Å². The molecule has 5 aliphatic rings. The Labute approximate surface area is 475 Å². The van der Waals surface area contributed by atoms with Crippen LogP contribution in [-0.2, 0) is 35.6 Å². The van der Waals surface area contributed by atoms with Crippen molar-refractivity contribution in [2.24, 2.45) is 0 Å². The zero-order valence-corrected chi connectivity index (χ0v) is 48.7. The lowest BCUT2D eigenvalue weighted by Crippen LogP contribution is -2.40. The summed E-state index contributed by atoms with van der Waals surface area (Å²) in [5.74, 6) is 1.33. The molecule has 9 aromatic rings. The van der Waals surface area contributed by atoms with E-state index < -0.39 is 0 Å². The molecule has 0 saturated carbocycles. The molecule has 0 bridgehead atoms. The van der Waals surface area contributed by atoms with E-state index in [1.54, 1.807) is 0 Å². The Kier molecular flexibility index (Phi) is 11.5. The smallest absolute Gasteiger partial charge is 0.235 e. The highest BCUT2D eigenvalue weighted by Crippen LogP contribution is 2.57. The van der Waals surface area contributed by atoms with Gasteiger partial charge in [-0.25, -0.2) is 0 Å². The molecule has 396 valence electrons. The highest BCUT2D eigenvalue weighted by molar-refractivity contribution is 6.11. The Morgan fingerprint density at radius 3 is 1.90 bits per heavy atom. The first-order valence-corrected chi connectivity index (χ1v) is 29.4. The lowest BCUT2D eigenvalue weighted by Gasteiger charge is -2.27. The van der Waals surface area contributed by atoms with Crippen LogP contribution in [0.25, 0.3) is 61.3 Å². The Morgan fingerprint density at radius 2 is 1.16 bits per heavy atom. The normalized spacial score (nSPS) is 16.5. The second kappa shape index (κ2) is 18.3. The van der Waals surface area contributed by atoms with Gasteiger partial charge < -0.3 is 4.74 Å². The first kappa shape index (κ1) is 50.3. The number of rotatable bonds is 7. The zero-order valence-electron chi connectivity index (χ0n) is 48.7. The van der Waals surface area contributed by atoms with Crippen molar-refractivity contribution in [1.82, 2.24) is 0 Å². The van der Waals surface area contributed by atoms with Crippen molar-refractivity contribution in [3.05, 3.63) is 249 Å². The second-order valence-electron chi connectivity index (χ2n) is 26.9. The Morgan fingerprint density at radius 1 is 0.500 bits per heavy atom. The van der Waals surface area contributed by atoms with E-state index in [-0.39, 0.29) is 22.2 Å². The van der Waals surface area contributed by atoms with E-state index in [0.717, 1.165) is 31.6 Å². The van der Waals surface area contributed by atoms with Crippen LogP contribution in [0.5, 0.6) is 5.75 Å². The third-order valence-corrected chi connectivity index (χ3v) is 18.7. The van der Waals surface area contributed by atoms with Crippen molar-refractivity contribution in [3.8, 4) is 61.5 Å². The molecular formula is C77H74N2O+2. The van der Waals surface area contributed by atoms with E-state index in [1.165, 1.54) is 145 Å². The molecule has 4 aliphatic heterocycles. The summed E-state index contributed by atoms with van der Waals surface area (Å²) in [6.45, 7) is 27.0. The number of pyridine rings is 1. The number of ether oxygens (including phenoxy) is 1. The minimum absolute atomic E-state index is 0.00461. The van der Waals surface area contributed by atoms with Crippen LogP contribution in [-0.4, -0.2) is 16.9 Å². The van der Waals surface area contributed by atoms with Gasteiger partial charge in [0.15, 0.2) is 19.3 Å². The maximum atomic E-state index is 7.17. The van der Waals surface area contributed by atoms with E-state index in [9.17, 15) is 0 Å². The Hall–Kier alpha value is -7.88. The molecule has 0 spiro atoms. The molecule has 8 aromatic carbocycles. The van der Waals surface area contributed by atoms with E-state index in [2.05, 4.69) is 261 Å². The number of hydrogen-bond donors (Lipinski definition) is 0. The maximum Gasteiger partial charge on any atom is 0.235 e. The molecule has 0 saturated heterocycles. The highest BCUT2D eigenvalue weighted by atomic mass is 16.5. The van der Waals surface area contributed by atoms with Gasteiger partial charge in [-0.2, -0.15) is 9.14 Å². The summed E-state index contributed by atoms with van der Waals surface area (Å²) in [5, 5.41) is 0. The van der Waals surface area contributed by atoms with Gasteiger partial charge in [0, 0.05) is 29.2 Å². The van der Waals surface area contributed by atoms with E-state index >= 15 is 0 Å². The second-order valence-corrected chi connectivity index (χ2v) is 26.9. The van der Waals surface area contributed by atoms with Crippen LogP contribution in [0.4, 0.5) is 5.69 Å². The fourth-order valence-electron chi connectivity index (χ4n) is 14.3. The van der Waals surface area contributed by atoms with Gasteiger partial charge in [-0.05, 0) is 169 Å². The third kappa shape index (κ3) is 8.12. The standard InChI is InChI=1S/C77H74N2O/c1-46-36-62-63(39-49-37-54(76(6,7)8)43-55(38-49)77(9,10)11)73-61-24-17-18-27-69(61)80-45-68-66-44-78-35-34-51(56-25-19-26-59-57-22-15-16-23-58(57)60(71(56)59)33-28-48-20-13-12-14-21-48)42-67(78)64-40-52(50-29-31-53(32-30-50)75(3,4)5)41-65(72(64)66)70(47(46)2)74(62)79(68)73/h12-27,29-32,34-38,40-43,60,63H,28,33,39,44-45H2,1-11H3/q+2. The van der Waals surface area contributed by atoms with Crippen LogP contribution in [0, 0.1) is 13.8 Å². The van der Waals surface area contributed by atoms with Gasteiger partial charge in [-0.1, -0.05) is 190 Å². The molecule has 2 unspecified atom stereocenters. The van der Waals surface area contributed by atoms with E-state index in [4.69, 9.17) is 4.74 Å². The largest absolute Gasteiger partial charge is 0.482 e. The van der Waals surface area contributed by atoms with Crippen molar-refractivity contribution in [3.63, 3.8) is 0 Å². The molecule has 3 heteroatoms. The third-order valence-electron chi connectivity index (χ3n) is 18.7. The molecule has 5 heterocycles. The summed E-state index contributed by atoms with van der Waals surface area (Å²) in [7, 11) is 0. The Balaban J connectivity index is 1.02. The number of aryl methyl sites for hydroxylation is 2. The van der Waals surface area contributed by atoms with Crippen molar-refractivity contribution in [1.29, 1.82) is 0 Å². The van der Waals surface area contributed by atoms with Crippen molar-refractivity contribution >= 4 is 17.0 Å². The fourth-order valence-corrected chi connectivity index (χ4v) is 14.3. The minimum atomic E-state index is 0.00461. The summed E-state index contributed by atoms with van der Waals surface area (Å²) in [5.41, 5.74) is 34.7. The number of allylic oxidation sites excluding steroid dienone is 1. The predicted molar refractivity (Wildman–Crippen MR) is 332 cm³/mol. The number of aromatic nitrogens is 1. The van der Waals surface area contributed by atoms with Crippen LogP contribution in [0.3, 0.4) is 0 Å². The highest BCUT2D eigenvalue weighted by Gasteiger charge is 2.52. The number of para-hydroxylation sites is 1. The van der Waals surface area contributed by atoms with Gasteiger partial charge in [-0.15, -0.1) is 0 Å². The summed E-state index contributed by atoms with van der Waals surface area (Å²) >= 11 is 0. The van der Waals surface area contributed by atoms with Gasteiger partial charge in [0.2, 0.25) is 22.8 Å². The van der Waals surface area contributed by atoms with Gasteiger partial charge in [-0.3, -0.25) is 0 Å². The summed E-state index contributed by atoms with van der Waals surface area (Å²) in [6, 6.07) is 65.6. The molecule has 0 fully saturated rings. The maximum absolute atomic E-state index is 7.17. The van der Waals surface area contributed by atoms with Gasteiger partial charge in [0.25, 0.3) is 0 Å². The lowest BCUT2D eigenvalue weighted by molar-refractivity contribution is -0.674. The first-order valence-electron chi connectivity index (χ1n) is 29.4. The summed E-state index contributed by atoms with van der Waals surface area (Å²) < 4.78 is 12.4. The predicted octanol–water partition coefficient (Wildman–Crippen LogP) is 18.5. The van der Waals surface area contributed by atoms with Crippen molar-refractivity contribution < 1.29 is 13.9 Å². The molecule has 1 aliphatic carbocycles. The molecule has 2 atom stereocenters. The van der Waals surface area contributed by atoms with Crippen molar-refractivity contribution in [2.75, 3.05) is 6.61 Å². The number of fused-ring (bicyclic) bond motifs is 8. The van der Waals surface area contributed by atoms with E-state index in [0.29, 0.717) is 12.5 Å². The lowest BCUT2D eigenvalue weighted by atomic mass is 9.77. The van der Waals surface area contributed by atoms with Crippen LogP contribution in [0.15, 0.2) is 182 Å². The molecule has 3 nitrogen and oxygen atoms in total. The monoisotopic (exact) mass is 1040 g/mol. The van der Waals surface area contributed by atoms with Gasteiger partial charge >= 0.3 is 0 Å². The molecule has 14 rings (SSSR count). The van der Waals surface area contributed by atoms with Crippen LogP contribution in [0.2, 0.25) is 0 Å². The molecule has 1 aromatic heterocycles. The Bertz CT molecular complexity index is 4090. The number of benzene rings is 8. The fraction of sp³-hybridized carbons (Fsp3) is 0.273. The number of nitrogens with zero attached hydrogens (tertiary/aromatic N) is 2. The summed E-state index contributed by atoms with van der Waals surface area (Å²) in [4.78, 5) is 0. The zero-order chi connectivity index (χ0) is 55.1. The van der Waals surface area contributed by atoms with E-state index in [1.807, 2.05) is 0 Å². The van der Waals surface area contributed by atoms with Crippen molar-refractivity contribution in [2.45, 2.75) is 130 Å². The van der Waals surface area contributed by atoms with Gasteiger partial charge in [0.1, 0.15) is 5.75 Å². The minimum Gasteiger partial charge on any atom is -0.482 e. The van der Waals surface area contributed by atoms with Crippen LogP contribution in [0.1, 0.15) is 147 Å². The SMILES string of the molecule is Cc1cc2c3c(c1C)-c1cc(-c4ccc(C(C)(C)C)cc4)cc4c1C(=C1COc5ccccc5C(=[N+]13)C2Cc1cc(C(C)(C)C)cc(C(C)(C)C)c1)C[n+]1ccc(-c2cccc3c2C(CCc2ccccc2)c2ccccc2-3)cc1-4. The molecule has 0 radical (unpaired) electrons. The number of hydrogen-bond acceptors (Lipinski definition) is 1. The summed E-state index contributed by atoms with van der Waals surface area (Å²) in [6.07, 6.45) is 5.35. The average Bonchev–Trinajstić information content (AvgIpc) is 4.07. The van der Waals surface area contributed by atoms with Crippen LogP contribution >= 0.6 is 0 Å². The quantitative estimate of drug-likeness (QED) is 0.145. The molecule has 0 N–H and O–H groups in total. The molecule has 80 heavy (non-hydrogen) atoms. The molecule has 0 amide bonds. The first-order chi connectivity index (χ1) is 38.4.